The van der Waals surface area contributed by atoms with Gasteiger partial charge in [-0.3, -0.25) is 24.2 Å². The van der Waals surface area contributed by atoms with Gasteiger partial charge in [0.1, 0.15) is 18.1 Å². The molecule has 0 saturated carbocycles. The van der Waals surface area contributed by atoms with Gasteiger partial charge in [0.25, 0.3) is 0 Å². The summed E-state index contributed by atoms with van der Waals surface area (Å²) in [6.07, 6.45) is -0.0155. The molecular weight excluding hydrogens is 470 g/mol. The van der Waals surface area contributed by atoms with Crippen LogP contribution in [-0.4, -0.2) is 82.3 Å². The van der Waals surface area contributed by atoms with Gasteiger partial charge in [0.15, 0.2) is 5.96 Å². The predicted molar refractivity (Wildman–Crippen MR) is 127 cm³/mol. The molecule has 0 fully saturated rings. The first kappa shape index (κ1) is 30.9. The van der Waals surface area contributed by atoms with Crippen molar-refractivity contribution < 1.29 is 34.2 Å². The molecule has 0 aliphatic carbocycles. The van der Waals surface area contributed by atoms with Gasteiger partial charge < -0.3 is 43.4 Å². The Morgan fingerprint density at radius 1 is 0.912 bits per heavy atom. The van der Waals surface area contributed by atoms with Crippen LogP contribution in [0.2, 0.25) is 0 Å². The molecule has 4 atom stereocenters. The van der Waals surface area contributed by atoms with E-state index in [-0.39, 0.29) is 37.0 Å². The molecule has 4 unspecified atom stereocenters. The van der Waals surface area contributed by atoms with Crippen LogP contribution >= 0.6 is 12.6 Å². The summed E-state index contributed by atoms with van der Waals surface area (Å²) in [5.41, 5.74) is 16.3. The standard InChI is InChI=1S/C19H35N7O7S/c1-9(2)6-11(16(30)25-12(18(32)33)7-14(27)28)24-17(31)13(8-34)26-15(29)10(20)4-3-5-23-19(21)22/h9-13,34H,3-8,20H2,1-2H3,(H,24,31)(H,25,30)(H,26,29)(H,27,28)(H,32,33)(H4,21,22,23). The van der Waals surface area contributed by atoms with E-state index in [1.165, 1.54) is 0 Å². The normalized spacial score (nSPS) is 14.3. The van der Waals surface area contributed by atoms with Crippen molar-refractivity contribution in [3.8, 4) is 0 Å². The lowest BCUT2D eigenvalue weighted by molar-refractivity contribution is -0.147. The molecule has 0 spiro atoms. The van der Waals surface area contributed by atoms with Crippen molar-refractivity contribution in [3.63, 3.8) is 0 Å². The number of hydrogen-bond donors (Lipinski definition) is 9. The van der Waals surface area contributed by atoms with Gasteiger partial charge in [-0.2, -0.15) is 12.6 Å². The molecule has 0 heterocycles. The first-order chi connectivity index (χ1) is 15.8. The van der Waals surface area contributed by atoms with Crippen molar-refractivity contribution in [1.82, 2.24) is 16.0 Å². The summed E-state index contributed by atoms with van der Waals surface area (Å²) in [5.74, 6) is -5.42. The van der Waals surface area contributed by atoms with Gasteiger partial charge >= 0.3 is 11.9 Å². The summed E-state index contributed by atoms with van der Waals surface area (Å²) >= 11 is 4.06. The molecule has 14 nitrogen and oxygen atoms in total. The third-order valence-corrected chi connectivity index (χ3v) is 4.82. The molecule has 0 aromatic rings. The third kappa shape index (κ3) is 12.8. The fraction of sp³-hybridized carbons (Fsp3) is 0.684. The fourth-order valence-electron chi connectivity index (χ4n) is 2.75. The third-order valence-electron chi connectivity index (χ3n) is 4.45. The van der Waals surface area contributed by atoms with E-state index in [1.807, 2.05) is 0 Å². The number of carbonyl (C=O) groups excluding carboxylic acids is 3. The molecule has 0 rings (SSSR count). The van der Waals surface area contributed by atoms with E-state index in [9.17, 15) is 24.0 Å². The number of amides is 3. The number of thiol groups is 1. The average Bonchev–Trinajstić information content (AvgIpc) is 2.72. The topological polar surface area (TPSA) is 252 Å². The second kappa shape index (κ2) is 15.7. The van der Waals surface area contributed by atoms with Crippen molar-refractivity contribution >= 4 is 48.2 Å². The predicted octanol–water partition coefficient (Wildman–Crippen LogP) is -2.64. The zero-order chi connectivity index (χ0) is 26.4. The molecule has 0 radical (unpaired) electrons. The van der Waals surface area contributed by atoms with Crippen molar-refractivity contribution in [2.75, 3.05) is 12.3 Å². The molecular formula is C19H35N7O7S. The van der Waals surface area contributed by atoms with Crippen LogP contribution in [0.3, 0.4) is 0 Å². The molecule has 11 N–H and O–H groups in total. The summed E-state index contributed by atoms with van der Waals surface area (Å²) in [4.78, 5) is 63.5. The Labute approximate surface area is 202 Å². The first-order valence-electron chi connectivity index (χ1n) is 10.6. The molecule has 0 aliphatic rings. The Morgan fingerprint density at radius 3 is 1.91 bits per heavy atom. The minimum absolute atomic E-state index is 0.0811. The maximum atomic E-state index is 12.7. The molecule has 0 bridgehead atoms. The average molecular weight is 506 g/mol. The highest BCUT2D eigenvalue weighted by Crippen LogP contribution is 2.07. The zero-order valence-electron chi connectivity index (χ0n) is 19.2. The van der Waals surface area contributed by atoms with Gasteiger partial charge in [-0.05, 0) is 25.2 Å². The van der Waals surface area contributed by atoms with Crippen LogP contribution in [0.1, 0.15) is 39.5 Å². The van der Waals surface area contributed by atoms with E-state index in [0.717, 1.165) is 0 Å². The second-order valence-electron chi connectivity index (χ2n) is 7.99. The zero-order valence-corrected chi connectivity index (χ0v) is 20.1. The number of nitrogens with zero attached hydrogens (tertiary/aromatic N) is 1. The van der Waals surface area contributed by atoms with Gasteiger partial charge in [0.2, 0.25) is 17.7 Å². The molecule has 15 heteroatoms. The Kier molecular flexibility index (Phi) is 14.3. The number of nitrogens with one attached hydrogen (secondary N) is 3. The van der Waals surface area contributed by atoms with Crippen LogP contribution in [0.15, 0.2) is 4.99 Å². The maximum absolute atomic E-state index is 12.7. The van der Waals surface area contributed by atoms with Crippen molar-refractivity contribution in [1.29, 1.82) is 0 Å². The van der Waals surface area contributed by atoms with E-state index in [2.05, 4.69) is 33.6 Å². The fourth-order valence-corrected chi connectivity index (χ4v) is 3.00. The quantitative estimate of drug-likeness (QED) is 0.0456. The van der Waals surface area contributed by atoms with Crippen LogP contribution in [0.5, 0.6) is 0 Å². The molecule has 194 valence electrons. The smallest absolute Gasteiger partial charge is 0.326 e. The highest BCUT2D eigenvalue weighted by Gasteiger charge is 2.31. The number of carbonyl (C=O) groups is 5. The van der Waals surface area contributed by atoms with E-state index in [0.29, 0.717) is 6.42 Å². The van der Waals surface area contributed by atoms with Crippen molar-refractivity contribution in [3.05, 3.63) is 0 Å². The Morgan fingerprint density at radius 2 is 1.44 bits per heavy atom. The minimum atomic E-state index is -1.67. The molecule has 0 aromatic carbocycles. The van der Waals surface area contributed by atoms with Gasteiger partial charge in [-0.1, -0.05) is 13.8 Å². The van der Waals surface area contributed by atoms with E-state index in [1.54, 1.807) is 13.8 Å². The van der Waals surface area contributed by atoms with Crippen LogP contribution < -0.4 is 33.2 Å². The van der Waals surface area contributed by atoms with E-state index < -0.39 is 60.2 Å². The number of carboxylic acid groups (broad SMARTS) is 2. The Hall–Kier alpha value is -3.07. The lowest BCUT2D eigenvalue weighted by Gasteiger charge is -2.25. The van der Waals surface area contributed by atoms with Gasteiger partial charge in [0, 0.05) is 12.3 Å². The molecule has 0 aliphatic heterocycles. The number of nitrogens with two attached hydrogens (primary N) is 3. The van der Waals surface area contributed by atoms with Gasteiger partial charge in [-0.15, -0.1) is 0 Å². The Balaban J connectivity index is 5.16. The second-order valence-corrected chi connectivity index (χ2v) is 8.35. The maximum Gasteiger partial charge on any atom is 0.326 e. The number of hydrogen-bond acceptors (Lipinski definition) is 8. The van der Waals surface area contributed by atoms with Crippen molar-refractivity contribution in [2.45, 2.75) is 63.7 Å². The first-order valence-corrected chi connectivity index (χ1v) is 11.2. The largest absolute Gasteiger partial charge is 0.481 e. The molecule has 0 saturated heterocycles. The minimum Gasteiger partial charge on any atom is -0.481 e. The van der Waals surface area contributed by atoms with Crippen LogP contribution in [0, 0.1) is 5.92 Å². The highest BCUT2D eigenvalue weighted by molar-refractivity contribution is 7.80. The van der Waals surface area contributed by atoms with Gasteiger partial charge in [0.05, 0.1) is 12.5 Å². The van der Waals surface area contributed by atoms with Crippen LogP contribution in [-0.2, 0) is 24.0 Å². The van der Waals surface area contributed by atoms with Gasteiger partial charge in [-0.25, -0.2) is 4.79 Å². The monoisotopic (exact) mass is 505 g/mol. The lowest BCUT2D eigenvalue weighted by Crippen LogP contribution is -2.58. The summed E-state index contributed by atoms with van der Waals surface area (Å²) < 4.78 is 0. The Bertz CT molecular complexity index is 759. The number of aliphatic carboxylic acids is 2. The van der Waals surface area contributed by atoms with E-state index >= 15 is 0 Å². The van der Waals surface area contributed by atoms with Crippen molar-refractivity contribution in [2.24, 2.45) is 28.1 Å². The summed E-state index contributed by atoms with van der Waals surface area (Å²) in [5, 5.41) is 25.0. The van der Waals surface area contributed by atoms with Crippen LogP contribution in [0.25, 0.3) is 0 Å². The highest BCUT2D eigenvalue weighted by atomic mass is 32.1. The number of guanidine groups is 1. The summed E-state index contributed by atoms with van der Waals surface area (Å²) in [6, 6.07) is -4.91. The van der Waals surface area contributed by atoms with Crippen LogP contribution in [0.4, 0.5) is 0 Å². The number of carboxylic acids is 2. The summed E-state index contributed by atoms with van der Waals surface area (Å²) in [7, 11) is 0. The molecule has 0 aromatic heterocycles. The number of aliphatic imine (C=N–C) groups is 1. The summed E-state index contributed by atoms with van der Waals surface area (Å²) in [6.45, 7) is 3.83. The number of rotatable bonds is 16. The SMILES string of the molecule is CC(C)CC(NC(=O)C(CS)NC(=O)C(N)CCCN=C(N)N)C(=O)NC(CC(=O)O)C(=O)O. The molecule has 34 heavy (non-hydrogen) atoms. The molecule has 3 amide bonds. The van der Waals surface area contributed by atoms with E-state index in [4.69, 9.17) is 27.4 Å². The lowest BCUT2D eigenvalue weighted by atomic mass is 10.0.